The Morgan fingerprint density at radius 2 is 1.61 bits per heavy atom. The molecule has 2 N–H and O–H groups in total. The lowest BCUT2D eigenvalue weighted by atomic mass is 10.1. The summed E-state index contributed by atoms with van der Waals surface area (Å²) in [6, 6.07) is 25.5. The maximum absolute atomic E-state index is 10.7. The Balaban J connectivity index is 1.50. The Labute approximate surface area is 182 Å². The van der Waals surface area contributed by atoms with Crippen molar-refractivity contribution in [2.24, 2.45) is 5.16 Å². The van der Waals surface area contributed by atoms with Crippen molar-refractivity contribution < 1.29 is 19.5 Å². The Hall–Kier alpha value is -3.80. The fourth-order valence-electron chi connectivity index (χ4n) is 3.00. The summed E-state index contributed by atoms with van der Waals surface area (Å²) in [5, 5.41) is 16.2. The van der Waals surface area contributed by atoms with Crippen molar-refractivity contribution in [3.05, 3.63) is 95.6 Å². The molecule has 0 aliphatic rings. The van der Waals surface area contributed by atoms with Crippen molar-refractivity contribution >= 4 is 17.4 Å². The van der Waals surface area contributed by atoms with E-state index in [0.717, 1.165) is 33.8 Å². The number of carboxylic acid groups (broad SMARTS) is 1. The van der Waals surface area contributed by atoms with E-state index in [1.165, 1.54) is 7.11 Å². The number of ether oxygens (including phenoxy) is 1. The zero-order valence-electron chi connectivity index (χ0n) is 17.5. The molecule has 0 amide bonds. The van der Waals surface area contributed by atoms with Gasteiger partial charge in [-0.2, -0.15) is 0 Å². The molecule has 6 nitrogen and oxygen atoms in total. The van der Waals surface area contributed by atoms with Gasteiger partial charge in [-0.25, -0.2) is 0 Å². The van der Waals surface area contributed by atoms with E-state index in [4.69, 9.17) is 14.7 Å². The molecule has 0 bridgehead atoms. The van der Waals surface area contributed by atoms with Crippen LogP contribution < -0.4 is 10.1 Å². The average Bonchev–Trinajstić information content (AvgIpc) is 2.81. The number of benzene rings is 3. The fraction of sp³-hybridized carbons (Fsp3) is 0.200. The summed E-state index contributed by atoms with van der Waals surface area (Å²) in [7, 11) is 1.52. The number of oxime groups is 1. The Bertz CT molecular complexity index is 984. The van der Waals surface area contributed by atoms with Gasteiger partial charge in [-0.15, -0.1) is 0 Å². The van der Waals surface area contributed by atoms with Crippen molar-refractivity contribution in [3.8, 4) is 5.75 Å². The predicted octanol–water partition coefficient (Wildman–Crippen LogP) is 4.75. The Morgan fingerprint density at radius 1 is 0.935 bits per heavy atom. The lowest BCUT2D eigenvalue weighted by Crippen LogP contribution is -2.13. The normalized spacial score (nSPS) is 11.1. The Morgan fingerprint density at radius 3 is 2.26 bits per heavy atom. The molecule has 31 heavy (non-hydrogen) atoms. The van der Waals surface area contributed by atoms with Crippen LogP contribution in [0.3, 0.4) is 0 Å². The largest absolute Gasteiger partial charge is 0.487 e. The summed E-state index contributed by atoms with van der Waals surface area (Å²) in [5.74, 6) is -0.0248. The monoisotopic (exact) mass is 418 g/mol. The number of aliphatic carboxylic acids is 1. The van der Waals surface area contributed by atoms with Crippen LogP contribution in [-0.2, 0) is 22.6 Å². The zero-order chi connectivity index (χ0) is 21.9. The molecule has 0 aromatic heterocycles. The highest BCUT2D eigenvalue weighted by molar-refractivity contribution is 6.01. The summed E-state index contributed by atoms with van der Waals surface area (Å²) >= 11 is 0. The molecule has 6 heteroatoms. The highest BCUT2D eigenvalue weighted by Crippen LogP contribution is 2.16. The molecular weight excluding hydrogens is 392 g/mol. The first-order valence-corrected chi connectivity index (χ1v) is 10.1. The first-order chi connectivity index (χ1) is 15.1. The molecule has 3 aromatic carbocycles. The van der Waals surface area contributed by atoms with Crippen LogP contribution in [0.5, 0.6) is 5.75 Å². The van der Waals surface area contributed by atoms with Crippen LogP contribution in [0.4, 0.5) is 5.69 Å². The molecule has 3 aromatic rings. The molecule has 0 saturated carbocycles. The number of nitrogens with zero attached hydrogens (tertiary/aromatic N) is 1. The minimum atomic E-state index is -0.781. The summed E-state index contributed by atoms with van der Waals surface area (Å²) in [6.07, 6.45) is 0.684. The van der Waals surface area contributed by atoms with Crippen LogP contribution in [0.1, 0.15) is 23.1 Å². The van der Waals surface area contributed by atoms with E-state index in [9.17, 15) is 4.79 Å². The number of carboxylic acids is 1. The van der Waals surface area contributed by atoms with Crippen LogP contribution in [0.25, 0.3) is 0 Å². The number of hydrogen-bond donors (Lipinski definition) is 2. The number of carbonyl (C=O) groups is 1. The van der Waals surface area contributed by atoms with Crippen LogP contribution in [0.15, 0.2) is 84.0 Å². The van der Waals surface area contributed by atoms with E-state index >= 15 is 0 Å². The summed E-state index contributed by atoms with van der Waals surface area (Å²) < 4.78 is 5.87. The van der Waals surface area contributed by atoms with Gasteiger partial charge < -0.3 is 20.0 Å². The zero-order valence-corrected chi connectivity index (χ0v) is 17.5. The lowest BCUT2D eigenvalue weighted by Gasteiger charge is -2.10. The minimum absolute atomic E-state index is 0.144. The van der Waals surface area contributed by atoms with Gasteiger partial charge in [0.15, 0.2) is 0 Å². The second-order valence-electron chi connectivity index (χ2n) is 6.96. The van der Waals surface area contributed by atoms with E-state index in [2.05, 4.69) is 10.5 Å². The van der Waals surface area contributed by atoms with Crippen molar-refractivity contribution in [2.75, 3.05) is 19.0 Å². The quantitative estimate of drug-likeness (QED) is 0.347. The highest BCUT2D eigenvalue weighted by atomic mass is 16.6. The van der Waals surface area contributed by atoms with Crippen molar-refractivity contribution in [1.29, 1.82) is 0 Å². The second kappa shape index (κ2) is 11.4. The van der Waals surface area contributed by atoms with Crippen LogP contribution in [0.2, 0.25) is 0 Å². The van der Waals surface area contributed by atoms with E-state index < -0.39 is 5.97 Å². The average molecular weight is 418 g/mol. The van der Waals surface area contributed by atoms with E-state index in [1.807, 2.05) is 78.9 Å². The van der Waals surface area contributed by atoms with Crippen molar-refractivity contribution in [3.63, 3.8) is 0 Å². The van der Waals surface area contributed by atoms with E-state index in [-0.39, 0.29) is 6.42 Å². The van der Waals surface area contributed by atoms with Gasteiger partial charge in [0.25, 0.3) is 0 Å². The smallest absolute Gasteiger partial charge is 0.303 e. The van der Waals surface area contributed by atoms with Gasteiger partial charge in [-0.1, -0.05) is 59.8 Å². The third-order valence-electron chi connectivity index (χ3n) is 4.69. The molecule has 0 radical (unpaired) electrons. The number of anilines is 1. The number of hydrogen-bond acceptors (Lipinski definition) is 5. The molecular formula is C25H26N2O4. The molecule has 0 spiro atoms. The van der Waals surface area contributed by atoms with Gasteiger partial charge in [0.1, 0.15) is 25.2 Å². The standard InChI is InChI=1S/C25H26N2O4/c1-30-27-24(21-5-3-2-4-6-21)18-31-23-14-9-20(10-15-23)17-26-22-12-7-19(8-13-22)11-16-25(28)29/h2-10,12-15,26H,11,16-18H2,1H3,(H,28,29)/b27-24-. The molecule has 0 aliphatic heterocycles. The molecule has 0 atom stereocenters. The van der Waals surface area contributed by atoms with Crippen LogP contribution >= 0.6 is 0 Å². The SMILES string of the molecule is CO/N=C(/COc1ccc(CNc2ccc(CCC(=O)O)cc2)cc1)c1ccccc1. The van der Waals surface area contributed by atoms with Crippen molar-refractivity contribution in [2.45, 2.75) is 19.4 Å². The number of rotatable bonds is 11. The first-order valence-electron chi connectivity index (χ1n) is 10.1. The molecule has 0 unspecified atom stereocenters. The minimum Gasteiger partial charge on any atom is -0.487 e. The topological polar surface area (TPSA) is 80.2 Å². The highest BCUT2D eigenvalue weighted by Gasteiger charge is 2.06. The predicted molar refractivity (Wildman–Crippen MR) is 122 cm³/mol. The fourth-order valence-corrected chi connectivity index (χ4v) is 3.00. The van der Waals surface area contributed by atoms with Gasteiger partial charge in [0, 0.05) is 24.2 Å². The molecule has 160 valence electrons. The maximum atomic E-state index is 10.7. The molecule has 0 heterocycles. The van der Waals surface area contributed by atoms with Gasteiger partial charge in [-0.05, 0) is 41.8 Å². The lowest BCUT2D eigenvalue weighted by molar-refractivity contribution is -0.136. The maximum Gasteiger partial charge on any atom is 0.303 e. The van der Waals surface area contributed by atoms with Crippen molar-refractivity contribution in [1.82, 2.24) is 0 Å². The number of aryl methyl sites for hydroxylation is 1. The van der Waals surface area contributed by atoms with Crippen LogP contribution in [-0.4, -0.2) is 30.5 Å². The van der Waals surface area contributed by atoms with Gasteiger partial charge in [0.2, 0.25) is 0 Å². The molecule has 0 saturated heterocycles. The third-order valence-corrected chi connectivity index (χ3v) is 4.69. The third kappa shape index (κ3) is 7.19. The second-order valence-corrected chi connectivity index (χ2v) is 6.96. The molecule has 0 aliphatic carbocycles. The summed E-state index contributed by atoms with van der Waals surface area (Å²) in [4.78, 5) is 15.6. The molecule has 0 fully saturated rings. The summed E-state index contributed by atoms with van der Waals surface area (Å²) in [6.45, 7) is 0.985. The van der Waals surface area contributed by atoms with E-state index in [1.54, 1.807) is 0 Å². The van der Waals surface area contributed by atoms with Gasteiger partial charge in [-0.3, -0.25) is 4.79 Å². The summed E-state index contributed by atoms with van der Waals surface area (Å²) in [5.41, 5.74) is 4.81. The van der Waals surface area contributed by atoms with Gasteiger partial charge in [0.05, 0.1) is 0 Å². The van der Waals surface area contributed by atoms with E-state index in [0.29, 0.717) is 19.6 Å². The van der Waals surface area contributed by atoms with Crippen LogP contribution in [0, 0.1) is 0 Å². The molecule has 3 rings (SSSR count). The van der Waals surface area contributed by atoms with Gasteiger partial charge >= 0.3 is 5.97 Å². The number of nitrogens with one attached hydrogen (secondary N) is 1. The Kier molecular flexibility index (Phi) is 8.05. The first kappa shape index (κ1) is 21.9.